The highest BCUT2D eigenvalue weighted by atomic mass is 35.5. The van der Waals surface area contributed by atoms with Crippen molar-refractivity contribution in [3.63, 3.8) is 0 Å². The highest BCUT2D eigenvalue weighted by Crippen LogP contribution is 2.28. The molecule has 2 aromatic heterocycles. The molecule has 0 radical (unpaired) electrons. The largest absolute Gasteiger partial charge is 0.479 e. The van der Waals surface area contributed by atoms with E-state index >= 15 is 0 Å². The first-order valence-electron chi connectivity index (χ1n) is 5.94. The van der Waals surface area contributed by atoms with Gasteiger partial charge in [0.05, 0.1) is 13.0 Å². The van der Waals surface area contributed by atoms with Crippen molar-refractivity contribution in [3.05, 3.63) is 42.0 Å². The van der Waals surface area contributed by atoms with Crippen molar-refractivity contribution in [2.45, 2.75) is 5.88 Å². The van der Waals surface area contributed by atoms with Gasteiger partial charge in [-0.1, -0.05) is 6.07 Å². The van der Waals surface area contributed by atoms with Gasteiger partial charge in [0.15, 0.2) is 11.2 Å². The molecule has 108 valence electrons. The molecule has 1 aromatic carbocycles. The van der Waals surface area contributed by atoms with Crippen LogP contribution in [0, 0.1) is 11.6 Å². The molecule has 3 rings (SSSR count). The van der Waals surface area contributed by atoms with E-state index in [1.165, 1.54) is 24.1 Å². The van der Waals surface area contributed by atoms with Crippen LogP contribution in [-0.4, -0.2) is 26.6 Å². The normalized spacial score (nSPS) is 11.0. The molecular formula is C13H9ClF2N4O. The highest BCUT2D eigenvalue weighted by Gasteiger charge is 2.21. The average Bonchev–Trinajstić information content (AvgIpc) is 2.86. The van der Waals surface area contributed by atoms with Crippen molar-refractivity contribution in [1.29, 1.82) is 0 Å². The zero-order chi connectivity index (χ0) is 15.0. The van der Waals surface area contributed by atoms with E-state index in [1.54, 1.807) is 0 Å². The molecule has 2 heterocycles. The fourth-order valence-corrected chi connectivity index (χ4v) is 2.27. The van der Waals surface area contributed by atoms with Crippen molar-refractivity contribution < 1.29 is 13.5 Å². The second-order valence-corrected chi connectivity index (χ2v) is 4.39. The van der Waals surface area contributed by atoms with Gasteiger partial charge in [-0.05, 0) is 12.1 Å². The third-order valence-electron chi connectivity index (χ3n) is 2.95. The van der Waals surface area contributed by atoms with E-state index in [4.69, 9.17) is 16.3 Å². The summed E-state index contributed by atoms with van der Waals surface area (Å²) in [6.07, 6.45) is 1.23. The van der Waals surface area contributed by atoms with Crippen LogP contribution < -0.4 is 4.74 Å². The monoisotopic (exact) mass is 310 g/mol. The minimum absolute atomic E-state index is 0.0483. The second kappa shape index (κ2) is 5.25. The predicted octanol–water partition coefficient (Wildman–Crippen LogP) is 2.84. The third kappa shape index (κ3) is 2.09. The van der Waals surface area contributed by atoms with E-state index in [2.05, 4.69) is 15.0 Å². The Kier molecular flexibility index (Phi) is 3.42. The zero-order valence-corrected chi connectivity index (χ0v) is 11.6. The molecule has 0 atom stereocenters. The van der Waals surface area contributed by atoms with E-state index in [0.717, 1.165) is 12.1 Å². The number of alkyl halides is 1. The van der Waals surface area contributed by atoms with E-state index in [9.17, 15) is 8.78 Å². The molecule has 21 heavy (non-hydrogen) atoms. The first-order valence-corrected chi connectivity index (χ1v) is 6.47. The van der Waals surface area contributed by atoms with Gasteiger partial charge in [-0.3, -0.25) is 4.57 Å². The van der Waals surface area contributed by atoms with Gasteiger partial charge in [0.1, 0.15) is 29.5 Å². The number of benzene rings is 1. The average molecular weight is 311 g/mol. The van der Waals surface area contributed by atoms with Gasteiger partial charge in [-0.25, -0.2) is 18.7 Å². The molecule has 0 aliphatic rings. The number of para-hydroxylation sites is 1. The Balaban J connectivity index is 2.42. The highest BCUT2D eigenvalue weighted by molar-refractivity contribution is 6.17. The van der Waals surface area contributed by atoms with Crippen molar-refractivity contribution in [1.82, 2.24) is 19.5 Å². The number of methoxy groups -OCH3 is 1. The smallest absolute Gasteiger partial charge is 0.245 e. The lowest BCUT2D eigenvalue weighted by Crippen LogP contribution is -2.06. The van der Waals surface area contributed by atoms with Gasteiger partial charge < -0.3 is 4.74 Å². The van der Waals surface area contributed by atoms with Gasteiger partial charge in [0.25, 0.3) is 0 Å². The molecule has 0 saturated carbocycles. The topological polar surface area (TPSA) is 52.8 Å². The van der Waals surface area contributed by atoms with E-state index < -0.39 is 11.6 Å². The number of imidazole rings is 1. The summed E-state index contributed by atoms with van der Waals surface area (Å²) in [5, 5.41) is 0. The maximum atomic E-state index is 14.0. The van der Waals surface area contributed by atoms with E-state index in [1.807, 2.05) is 0 Å². The van der Waals surface area contributed by atoms with Crippen molar-refractivity contribution >= 4 is 22.8 Å². The molecule has 3 aromatic rings. The van der Waals surface area contributed by atoms with Crippen LogP contribution >= 0.6 is 11.6 Å². The van der Waals surface area contributed by atoms with Crippen LogP contribution in [-0.2, 0) is 5.88 Å². The number of hydrogen-bond donors (Lipinski definition) is 0. The summed E-state index contributed by atoms with van der Waals surface area (Å²) < 4.78 is 34.4. The van der Waals surface area contributed by atoms with Gasteiger partial charge in [-0.15, -0.1) is 11.6 Å². The standard InChI is InChI=1S/C13H9ClF2N4O/c1-21-13-10-12(17-6-18-13)20(9(5-14)19-10)11-7(15)3-2-4-8(11)16/h2-4,6H,5H2,1H3. The molecule has 0 saturated heterocycles. The maximum absolute atomic E-state index is 14.0. The molecule has 0 unspecified atom stereocenters. The summed E-state index contributed by atoms with van der Waals surface area (Å²) >= 11 is 5.84. The van der Waals surface area contributed by atoms with Crippen LogP contribution in [0.5, 0.6) is 5.88 Å². The van der Waals surface area contributed by atoms with Gasteiger partial charge in [0.2, 0.25) is 5.88 Å². The van der Waals surface area contributed by atoms with Crippen LogP contribution in [0.25, 0.3) is 16.9 Å². The summed E-state index contributed by atoms with van der Waals surface area (Å²) in [5.41, 5.74) is 0.233. The van der Waals surface area contributed by atoms with Crippen LogP contribution in [0.2, 0.25) is 0 Å². The molecule has 0 fully saturated rings. The van der Waals surface area contributed by atoms with Crippen molar-refractivity contribution in [2.75, 3.05) is 7.11 Å². The summed E-state index contributed by atoms with van der Waals surface area (Å²) in [4.78, 5) is 12.2. The Morgan fingerprint density at radius 2 is 1.95 bits per heavy atom. The molecule has 0 N–H and O–H groups in total. The number of ether oxygens (including phenoxy) is 1. The zero-order valence-electron chi connectivity index (χ0n) is 10.8. The number of nitrogens with zero attached hydrogens (tertiary/aromatic N) is 4. The molecular weight excluding hydrogens is 302 g/mol. The Bertz CT molecular complexity index is 801. The first kappa shape index (κ1) is 13.7. The number of rotatable bonds is 3. The summed E-state index contributed by atoms with van der Waals surface area (Å²) in [5.74, 6) is -1.07. The minimum Gasteiger partial charge on any atom is -0.479 e. The third-order valence-corrected chi connectivity index (χ3v) is 3.19. The Morgan fingerprint density at radius 3 is 2.57 bits per heavy atom. The minimum atomic E-state index is -0.738. The Hall–Kier alpha value is -2.28. The number of hydrogen-bond acceptors (Lipinski definition) is 4. The van der Waals surface area contributed by atoms with Crippen LogP contribution in [0.1, 0.15) is 5.82 Å². The van der Waals surface area contributed by atoms with Gasteiger partial charge >= 0.3 is 0 Å². The van der Waals surface area contributed by atoms with Crippen LogP contribution in [0.3, 0.4) is 0 Å². The number of halogens is 3. The molecule has 5 nitrogen and oxygen atoms in total. The van der Waals surface area contributed by atoms with Crippen molar-refractivity contribution in [3.8, 4) is 11.6 Å². The van der Waals surface area contributed by atoms with E-state index in [-0.39, 0.29) is 28.9 Å². The lowest BCUT2D eigenvalue weighted by molar-refractivity contribution is 0.401. The first-order chi connectivity index (χ1) is 10.2. The molecule has 0 aliphatic heterocycles. The Labute approximate surface area is 123 Å². The molecule has 8 heteroatoms. The Morgan fingerprint density at radius 1 is 1.24 bits per heavy atom. The molecule has 0 amide bonds. The fourth-order valence-electron chi connectivity index (χ4n) is 2.09. The second-order valence-electron chi connectivity index (χ2n) is 4.12. The van der Waals surface area contributed by atoms with E-state index in [0.29, 0.717) is 5.52 Å². The summed E-state index contributed by atoms with van der Waals surface area (Å²) in [6, 6.07) is 3.59. The van der Waals surface area contributed by atoms with Gasteiger partial charge in [-0.2, -0.15) is 4.98 Å². The van der Waals surface area contributed by atoms with Crippen LogP contribution in [0.15, 0.2) is 24.5 Å². The molecule has 0 aliphatic carbocycles. The lowest BCUT2D eigenvalue weighted by atomic mass is 10.3. The van der Waals surface area contributed by atoms with Crippen molar-refractivity contribution in [2.24, 2.45) is 0 Å². The predicted molar refractivity (Wildman–Crippen MR) is 72.7 cm³/mol. The lowest BCUT2D eigenvalue weighted by Gasteiger charge is -2.09. The maximum Gasteiger partial charge on any atom is 0.245 e. The molecule has 0 spiro atoms. The number of fused-ring (bicyclic) bond motifs is 1. The van der Waals surface area contributed by atoms with Gasteiger partial charge in [0, 0.05) is 0 Å². The van der Waals surface area contributed by atoms with Crippen LogP contribution in [0.4, 0.5) is 8.78 Å². The summed E-state index contributed by atoms with van der Waals surface area (Å²) in [6.45, 7) is 0. The summed E-state index contributed by atoms with van der Waals surface area (Å²) in [7, 11) is 1.42. The fraction of sp³-hybridized carbons (Fsp3) is 0.154. The number of aromatic nitrogens is 4. The quantitative estimate of drug-likeness (QED) is 0.698. The molecule has 0 bridgehead atoms. The SMILES string of the molecule is COc1ncnc2c1nc(CCl)n2-c1c(F)cccc1F.